The molecule has 2 aromatic carbocycles. The van der Waals surface area contributed by atoms with Crippen LogP contribution in [-0.2, 0) is 21.9 Å². The van der Waals surface area contributed by atoms with Gasteiger partial charge in [-0.1, -0.05) is 59.9 Å². The van der Waals surface area contributed by atoms with Gasteiger partial charge in [-0.15, -0.1) is 11.8 Å². The summed E-state index contributed by atoms with van der Waals surface area (Å²) in [6.45, 7) is 7.88. The lowest BCUT2D eigenvalue weighted by Crippen LogP contribution is -2.53. The number of amides is 2. The van der Waals surface area contributed by atoms with Crippen molar-refractivity contribution in [2.45, 2.75) is 58.0 Å². The van der Waals surface area contributed by atoms with E-state index in [9.17, 15) is 9.59 Å². The number of halogens is 3. The average Bonchev–Trinajstić information content (AvgIpc) is 2.69. The van der Waals surface area contributed by atoms with E-state index < -0.39 is 11.6 Å². The van der Waals surface area contributed by atoms with Crippen molar-refractivity contribution in [2.75, 3.05) is 5.75 Å². The lowest BCUT2D eigenvalue weighted by atomic mass is 10.1. The fraction of sp³-hybridized carbons (Fsp3) is 0.417. The molecule has 0 aromatic heterocycles. The van der Waals surface area contributed by atoms with Gasteiger partial charge in [-0.3, -0.25) is 9.59 Å². The molecule has 4 nitrogen and oxygen atoms in total. The van der Waals surface area contributed by atoms with E-state index in [0.717, 1.165) is 11.1 Å². The topological polar surface area (TPSA) is 49.4 Å². The summed E-state index contributed by atoms with van der Waals surface area (Å²) < 4.78 is 0. The quantitative estimate of drug-likeness (QED) is 0.409. The van der Waals surface area contributed by atoms with Crippen LogP contribution in [0.15, 0.2) is 42.5 Å². The Hall–Kier alpha value is -1.40. The first-order chi connectivity index (χ1) is 15.0. The normalized spacial score (nSPS) is 12.3. The highest BCUT2D eigenvalue weighted by Crippen LogP contribution is 2.25. The van der Waals surface area contributed by atoms with E-state index >= 15 is 0 Å². The molecule has 32 heavy (non-hydrogen) atoms. The molecule has 1 N–H and O–H groups in total. The Kier molecular flexibility index (Phi) is 10.2. The Morgan fingerprint density at radius 3 is 2.22 bits per heavy atom. The highest BCUT2D eigenvalue weighted by molar-refractivity contribution is 7.99. The Bertz CT molecular complexity index is 930. The van der Waals surface area contributed by atoms with Gasteiger partial charge in [0.2, 0.25) is 11.8 Å². The minimum atomic E-state index is -0.607. The first kappa shape index (κ1) is 26.8. The van der Waals surface area contributed by atoms with Crippen molar-refractivity contribution >= 4 is 58.4 Å². The van der Waals surface area contributed by atoms with Crippen molar-refractivity contribution in [1.29, 1.82) is 0 Å². The van der Waals surface area contributed by atoms with Crippen LogP contribution < -0.4 is 5.32 Å². The molecule has 0 spiro atoms. The van der Waals surface area contributed by atoms with E-state index in [0.29, 0.717) is 27.2 Å². The maximum Gasteiger partial charge on any atom is 0.243 e. The van der Waals surface area contributed by atoms with Crippen molar-refractivity contribution in [3.8, 4) is 0 Å². The molecule has 0 saturated heterocycles. The first-order valence-electron chi connectivity index (χ1n) is 10.4. The van der Waals surface area contributed by atoms with Crippen LogP contribution in [0.1, 0.15) is 45.2 Å². The number of thioether (sulfide) groups is 1. The van der Waals surface area contributed by atoms with Crippen molar-refractivity contribution in [1.82, 2.24) is 10.2 Å². The Labute approximate surface area is 210 Å². The van der Waals surface area contributed by atoms with Crippen LogP contribution in [0.5, 0.6) is 0 Å². The summed E-state index contributed by atoms with van der Waals surface area (Å²) in [7, 11) is 0. The third-order valence-corrected chi connectivity index (χ3v) is 6.47. The molecule has 2 rings (SSSR count). The summed E-state index contributed by atoms with van der Waals surface area (Å²) in [5.41, 5.74) is 1.42. The molecule has 174 valence electrons. The standard InChI is InChI=1S/C24H29Cl3N2O2S/c1-5-21(23(31)28-24(2,3)4)29(13-17-8-11-19(26)12-20(17)27)22(30)15-32-14-16-6-9-18(25)10-7-16/h6-12,21H,5,13-15H2,1-4H3,(H,28,31)/t21-/m1/s1. The highest BCUT2D eigenvalue weighted by atomic mass is 35.5. The van der Waals surface area contributed by atoms with Gasteiger partial charge in [-0.2, -0.15) is 0 Å². The monoisotopic (exact) mass is 514 g/mol. The molecule has 0 bridgehead atoms. The molecule has 8 heteroatoms. The van der Waals surface area contributed by atoms with Crippen molar-refractivity contribution in [2.24, 2.45) is 0 Å². The van der Waals surface area contributed by atoms with E-state index in [4.69, 9.17) is 34.8 Å². The molecule has 0 aliphatic heterocycles. The molecule has 0 saturated carbocycles. The largest absolute Gasteiger partial charge is 0.350 e. The molecule has 2 aromatic rings. The second-order valence-corrected chi connectivity index (χ2v) is 10.8. The number of carbonyl (C=O) groups excluding carboxylic acids is 2. The lowest BCUT2D eigenvalue weighted by Gasteiger charge is -2.33. The zero-order valence-electron chi connectivity index (χ0n) is 18.8. The van der Waals surface area contributed by atoms with E-state index in [1.807, 2.05) is 52.0 Å². The van der Waals surface area contributed by atoms with Gasteiger partial charge in [0.15, 0.2) is 0 Å². The molecule has 0 aliphatic carbocycles. The Balaban J connectivity index is 2.19. The van der Waals surface area contributed by atoms with Crippen molar-refractivity contribution in [3.63, 3.8) is 0 Å². The summed E-state index contributed by atoms with van der Waals surface area (Å²) in [5.74, 6) is 0.614. The first-order valence-corrected chi connectivity index (χ1v) is 12.7. The fourth-order valence-electron chi connectivity index (χ4n) is 3.13. The van der Waals surface area contributed by atoms with Gasteiger partial charge in [0, 0.05) is 32.9 Å². The third kappa shape index (κ3) is 8.51. The van der Waals surface area contributed by atoms with Gasteiger partial charge in [0.25, 0.3) is 0 Å². The van der Waals surface area contributed by atoms with Crippen LogP contribution in [0.2, 0.25) is 15.1 Å². The number of nitrogens with zero attached hydrogens (tertiary/aromatic N) is 1. The number of hydrogen-bond acceptors (Lipinski definition) is 3. The minimum absolute atomic E-state index is 0.120. The van der Waals surface area contributed by atoms with Gasteiger partial charge in [-0.05, 0) is 62.6 Å². The maximum absolute atomic E-state index is 13.3. The van der Waals surface area contributed by atoms with Gasteiger partial charge in [-0.25, -0.2) is 0 Å². The second kappa shape index (κ2) is 12.2. The van der Waals surface area contributed by atoms with E-state index in [-0.39, 0.29) is 24.1 Å². The van der Waals surface area contributed by atoms with Crippen LogP contribution in [0, 0.1) is 0 Å². The summed E-state index contributed by atoms with van der Waals surface area (Å²) in [5, 5.41) is 4.66. The second-order valence-electron chi connectivity index (χ2n) is 8.54. The highest BCUT2D eigenvalue weighted by Gasteiger charge is 2.30. The molecule has 0 fully saturated rings. The van der Waals surface area contributed by atoms with Gasteiger partial charge < -0.3 is 10.2 Å². The zero-order valence-corrected chi connectivity index (χ0v) is 21.8. The molecule has 0 aliphatic rings. The van der Waals surface area contributed by atoms with Crippen molar-refractivity contribution in [3.05, 3.63) is 68.7 Å². The van der Waals surface area contributed by atoms with Gasteiger partial charge in [0.1, 0.15) is 6.04 Å². The van der Waals surface area contributed by atoms with Gasteiger partial charge in [0.05, 0.1) is 5.75 Å². The number of rotatable bonds is 9. The SMILES string of the molecule is CC[C@H](C(=O)NC(C)(C)C)N(Cc1ccc(Cl)cc1Cl)C(=O)CSCc1ccc(Cl)cc1. The minimum Gasteiger partial charge on any atom is -0.350 e. The number of carbonyl (C=O) groups is 2. The number of nitrogens with one attached hydrogen (secondary N) is 1. The molecule has 0 radical (unpaired) electrons. The van der Waals surface area contributed by atoms with Crippen LogP contribution in [0.4, 0.5) is 0 Å². The Morgan fingerprint density at radius 2 is 1.66 bits per heavy atom. The number of hydrogen-bond donors (Lipinski definition) is 1. The average molecular weight is 516 g/mol. The predicted octanol–water partition coefficient (Wildman–Crippen LogP) is 6.60. The van der Waals surface area contributed by atoms with E-state index in [1.165, 1.54) is 11.8 Å². The van der Waals surface area contributed by atoms with Crippen LogP contribution in [0.3, 0.4) is 0 Å². The molecular weight excluding hydrogens is 487 g/mol. The molecule has 1 atom stereocenters. The van der Waals surface area contributed by atoms with Gasteiger partial charge >= 0.3 is 0 Å². The fourth-order valence-corrected chi connectivity index (χ4v) is 4.59. The smallest absolute Gasteiger partial charge is 0.243 e. The molecule has 0 unspecified atom stereocenters. The maximum atomic E-state index is 13.3. The zero-order chi connectivity index (χ0) is 23.9. The Morgan fingerprint density at radius 1 is 1.03 bits per heavy atom. The molecule has 0 heterocycles. The van der Waals surface area contributed by atoms with E-state index in [2.05, 4.69) is 5.32 Å². The summed E-state index contributed by atoms with van der Waals surface area (Å²) >= 11 is 19.8. The lowest BCUT2D eigenvalue weighted by molar-refractivity contribution is -0.140. The van der Waals surface area contributed by atoms with E-state index in [1.54, 1.807) is 23.1 Å². The van der Waals surface area contributed by atoms with Crippen LogP contribution in [0.25, 0.3) is 0 Å². The third-order valence-electron chi connectivity index (χ3n) is 4.65. The van der Waals surface area contributed by atoms with Crippen LogP contribution in [-0.4, -0.2) is 34.0 Å². The number of benzene rings is 2. The van der Waals surface area contributed by atoms with Crippen LogP contribution >= 0.6 is 46.6 Å². The summed E-state index contributed by atoms with van der Waals surface area (Å²) in [6, 6.07) is 12.1. The molecule has 2 amide bonds. The predicted molar refractivity (Wildman–Crippen MR) is 137 cm³/mol. The summed E-state index contributed by atoms with van der Waals surface area (Å²) in [4.78, 5) is 27.9. The summed E-state index contributed by atoms with van der Waals surface area (Å²) in [6.07, 6.45) is 0.487. The van der Waals surface area contributed by atoms with Crippen molar-refractivity contribution < 1.29 is 9.59 Å². The molecular formula is C24H29Cl3N2O2S.